The average Bonchev–Trinajstić information content (AvgIpc) is 3.22. The lowest BCUT2D eigenvalue weighted by Crippen LogP contribution is -2.60. The van der Waals surface area contributed by atoms with Gasteiger partial charge in [-0.15, -0.1) is 0 Å². The van der Waals surface area contributed by atoms with Crippen LogP contribution in [0, 0.1) is 0 Å². The number of nitrogens with one attached hydrogen (secondary N) is 1. The van der Waals surface area contributed by atoms with E-state index in [1.165, 1.54) is 154 Å². The Morgan fingerprint density at radius 3 is 1.45 bits per heavy atom. The van der Waals surface area contributed by atoms with Crippen LogP contribution in [-0.4, -0.2) is 87.5 Å². The first-order valence-electron chi connectivity index (χ1n) is 24.2. The lowest BCUT2D eigenvalue weighted by Gasteiger charge is -2.40. The molecule has 0 saturated carbocycles. The summed E-state index contributed by atoms with van der Waals surface area (Å²) < 4.78 is 11.2. The number of rotatable bonds is 40. The monoisotopic (exact) mass is 822 g/mol. The fourth-order valence-corrected chi connectivity index (χ4v) is 7.52. The third-order valence-corrected chi connectivity index (χ3v) is 11.4. The van der Waals surface area contributed by atoms with Gasteiger partial charge in [0.05, 0.1) is 25.4 Å². The minimum Gasteiger partial charge on any atom is -0.394 e. The predicted molar refractivity (Wildman–Crippen MR) is 240 cm³/mol. The van der Waals surface area contributed by atoms with E-state index < -0.39 is 49.5 Å². The minimum absolute atomic E-state index is 0.189. The number of unbranched alkanes of at least 4 members (excludes halogenated alkanes) is 26. The van der Waals surface area contributed by atoms with Gasteiger partial charge in [-0.2, -0.15) is 0 Å². The van der Waals surface area contributed by atoms with Gasteiger partial charge in [-0.3, -0.25) is 4.79 Å². The van der Waals surface area contributed by atoms with Crippen molar-refractivity contribution in [3.63, 3.8) is 0 Å². The lowest BCUT2D eigenvalue weighted by atomic mass is 9.99. The van der Waals surface area contributed by atoms with Crippen LogP contribution in [-0.2, 0) is 14.3 Å². The number of aliphatic hydroxyl groups excluding tert-OH is 5. The summed E-state index contributed by atoms with van der Waals surface area (Å²) in [7, 11) is 0. The van der Waals surface area contributed by atoms with Gasteiger partial charge in [-0.25, -0.2) is 0 Å². The van der Waals surface area contributed by atoms with E-state index in [1.807, 2.05) is 6.08 Å². The van der Waals surface area contributed by atoms with Gasteiger partial charge >= 0.3 is 0 Å². The Morgan fingerprint density at radius 1 is 0.569 bits per heavy atom. The van der Waals surface area contributed by atoms with Crippen molar-refractivity contribution in [1.82, 2.24) is 5.32 Å². The molecule has 7 atom stereocenters. The molecule has 0 radical (unpaired) electrons. The molecule has 0 bridgehead atoms. The highest BCUT2D eigenvalue weighted by molar-refractivity contribution is 5.76. The van der Waals surface area contributed by atoms with E-state index in [4.69, 9.17) is 9.47 Å². The zero-order valence-corrected chi connectivity index (χ0v) is 37.3. The molecule has 0 aromatic rings. The summed E-state index contributed by atoms with van der Waals surface area (Å²) in [6.07, 6.45) is 41.9. The third kappa shape index (κ3) is 29.6. The quantitative estimate of drug-likeness (QED) is 0.0264. The number of allylic oxidation sites excluding steroid dienone is 5. The largest absolute Gasteiger partial charge is 0.394 e. The van der Waals surface area contributed by atoms with E-state index in [2.05, 4.69) is 43.5 Å². The van der Waals surface area contributed by atoms with Crippen molar-refractivity contribution in [2.24, 2.45) is 0 Å². The lowest BCUT2D eigenvalue weighted by molar-refractivity contribution is -0.302. The SMILES string of the molecule is CCCCCCCC/C=C/CCCCCCCCCCCC(=O)N[C@@H](CO[C@H]1O[C@@H](CO)[C@H](O)C(O)C1O)[C@H](O)/C=C/CC/C=C/CCCCCCCCCCCC. The van der Waals surface area contributed by atoms with Crippen LogP contribution in [0.3, 0.4) is 0 Å². The summed E-state index contributed by atoms with van der Waals surface area (Å²) >= 11 is 0. The summed E-state index contributed by atoms with van der Waals surface area (Å²) in [5.74, 6) is -0.189. The van der Waals surface area contributed by atoms with Crippen LogP contribution in [0.2, 0.25) is 0 Å². The second-order valence-corrected chi connectivity index (χ2v) is 16.9. The summed E-state index contributed by atoms with van der Waals surface area (Å²) in [4.78, 5) is 13.0. The maximum Gasteiger partial charge on any atom is 0.220 e. The Labute approximate surface area is 355 Å². The van der Waals surface area contributed by atoms with Crippen LogP contribution in [0.5, 0.6) is 0 Å². The number of hydrogen-bond acceptors (Lipinski definition) is 8. The molecule has 9 heteroatoms. The normalized spacial score (nSPS) is 21.1. The van der Waals surface area contributed by atoms with E-state index in [0.717, 1.165) is 38.5 Å². The first-order chi connectivity index (χ1) is 28.3. The Kier molecular flexibility index (Phi) is 37.1. The summed E-state index contributed by atoms with van der Waals surface area (Å²) in [5.41, 5.74) is 0. The second kappa shape index (κ2) is 39.5. The molecule has 1 aliphatic heterocycles. The first-order valence-corrected chi connectivity index (χ1v) is 24.2. The minimum atomic E-state index is -1.57. The van der Waals surface area contributed by atoms with Gasteiger partial charge < -0.3 is 40.3 Å². The van der Waals surface area contributed by atoms with Crippen LogP contribution in [0.25, 0.3) is 0 Å². The van der Waals surface area contributed by atoms with Gasteiger partial charge in [0.15, 0.2) is 6.29 Å². The van der Waals surface area contributed by atoms with Gasteiger partial charge in [0.1, 0.15) is 24.4 Å². The fourth-order valence-electron chi connectivity index (χ4n) is 7.52. The van der Waals surface area contributed by atoms with Gasteiger partial charge in [-0.05, 0) is 57.8 Å². The number of hydrogen-bond donors (Lipinski definition) is 6. The molecule has 0 aromatic heterocycles. The van der Waals surface area contributed by atoms with E-state index in [0.29, 0.717) is 6.42 Å². The van der Waals surface area contributed by atoms with E-state index in [1.54, 1.807) is 6.08 Å². The topological polar surface area (TPSA) is 149 Å². The molecular weight excluding hydrogens is 731 g/mol. The zero-order chi connectivity index (χ0) is 42.3. The molecule has 1 amide bonds. The Balaban J connectivity index is 2.35. The average molecular weight is 822 g/mol. The van der Waals surface area contributed by atoms with Crippen LogP contribution < -0.4 is 5.32 Å². The number of ether oxygens (including phenoxy) is 2. The van der Waals surface area contributed by atoms with Crippen molar-refractivity contribution in [3.8, 4) is 0 Å². The van der Waals surface area contributed by atoms with Crippen LogP contribution in [0.4, 0.5) is 0 Å². The molecule has 340 valence electrons. The molecule has 58 heavy (non-hydrogen) atoms. The maximum absolute atomic E-state index is 13.0. The van der Waals surface area contributed by atoms with Gasteiger partial charge in [0.25, 0.3) is 0 Å². The van der Waals surface area contributed by atoms with Crippen molar-refractivity contribution in [2.45, 2.75) is 256 Å². The first kappa shape index (κ1) is 54.4. The number of amides is 1. The van der Waals surface area contributed by atoms with Crippen LogP contribution in [0.15, 0.2) is 36.5 Å². The number of aliphatic hydroxyl groups is 5. The Morgan fingerprint density at radius 2 is 0.983 bits per heavy atom. The zero-order valence-electron chi connectivity index (χ0n) is 37.3. The smallest absolute Gasteiger partial charge is 0.220 e. The van der Waals surface area contributed by atoms with E-state index in [-0.39, 0.29) is 12.5 Å². The number of carbonyl (C=O) groups is 1. The standard InChI is InChI=1S/C49H91NO8/c1-3-5-7-9-11-13-15-17-19-21-22-23-25-27-29-31-33-35-37-39-45(53)50-42(41-57-49-48(56)47(55)46(54)44(40-51)58-49)43(52)38-36-34-32-30-28-26-24-20-18-16-14-12-10-8-6-4-2/h17,19,28,30,36,38,42-44,46-49,51-52,54-56H,3-16,18,20-27,29,31-35,37,39-41H2,1-2H3,(H,50,53)/b19-17+,30-28+,38-36+/t42-,43+,44-,46-,47?,48?,49-/m0/s1. The van der Waals surface area contributed by atoms with Crippen molar-refractivity contribution in [1.29, 1.82) is 0 Å². The molecule has 1 rings (SSSR count). The molecule has 6 N–H and O–H groups in total. The molecule has 1 saturated heterocycles. The Hall–Kier alpha value is -1.59. The maximum atomic E-state index is 13.0. The summed E-state index contributed by atoms with van der Waals surface area (Å²) in [6, 6.07) is -0.821. The molecule has 1 aliphatic rings. The Bertz CT molecular complexity index is 1000. The predicted octanol–water partition coefficient (Wildman–Crippen LogP) is 10.5. The van der Waals surface area contributed by atoms with Crippen LogP contribution >= 0.6 is 0 Å². The second-order valence-electron chi connectivity index (χ2n) is 16.9. The van der Waals surface area contributed by atoms with Crippen LogP contribution in [0.1, 0.15) is 213 Å². The van der Waals surface area contributed by atoms with Crippen molar-refractivity contribution >= 4 is 5.91 Å². The molecular formula is C49H91NO8. The molecule has 0 aromatic carbocycles. The summed E-state index contributed by atoms with van der Waals surface area (Å²) in [6.45, 7) is 3.75. The molecule has 0 aliphatic carbocycles. The van der Waals surface area contributed by atoms with Crippen molar-refractivity contribution < 1.29 is 39.8 Å². The van der Waals surface area contributed by atoms with Crippen molar-refractivity contribution in [2.75, 3.05) is 13.2 Å². The highest BCUT2D eigenvalue weighted by Crippen LogP contribution is 2.22. The molecule has 1 heterocycles. The highest BCUT2D eigenvalue weighted by Gasteiger charge is 2.44. The molecule has 2 unspecified atom stereocenters. The third-order valence-electron chi connectivity index (χ3n) is 11.4. The summed E-state index contributed by atoms with van der Waals surface area (Å²) in [5, 5.41) is 54.2. The van der Waals surface area contributed by atoms with Gasteiger partial charge in [0, 0.05) is 6.42 Å². The van der Waals surface area contributed by atoms with Gasteiger partial charge in [-0.1, -0.05) is 185 Å². The highest BCUT2D eigenvalue weighted by atomic mass is 16.7. The fraction of sp³-hybridized carbons (Fsp3) is 0.857. The van der Waals surface area contributed by atoms with Crippen molar-refractivity contribution in [3.05, 3.63) is 36.5 Å². The van der Waals surface area contributed by atoms with E-state index >= 15 is 0 Å². The molecule has 0 spiro atoms. The van der Waals surface area contributed by atoms with E-state index in [9.17, 15) is 30.3 Å². The number of carbonyl (C=O) groups excluding carboxylic acids is 1. The molecule has 9 nitrogen and oxygen atoms in total. The van der Waals surface area contributed by atoms with Gasteiger partial charge in [0.2, 0.25) is 5.91 Å². The molecule has 1 fully saturated rings.